The number of thioether (sulfide) groups is 1. The van der Waals surface area contributed by atoms with Crippen LogP contribution in [-0.4, -0.2) is 37.9 Å². The minimum Gasteiger partial charge on any atom is -0.497 e. The second-order valence-corrected chi connectivity index (χ2v) is 11.8. The Morgan fingerprint density at radius 1 is 1.18 bits per heavy atom. The molecule has 1 aliphatic rings. The van der Waals surface area contributed by atoms with E-state index in [0.29, 0.717) is 38.6 Å². The molecule has 0 spiro atoms. The minimum absolute atomic E-state index is 0.109. The Morgan fingerprint density at radius 3 is 2.68 bits per heavy atom. The van der Waals surface area contributed by atoms with E-state index in [1.54, 1.807) is 71.5 Å². The lowest BCUT2D eigenvalue weighted by Gasteiger charge is -2.18. The van der Waals surface area contributed by atoms with Crippen LogP contribution in [0.3, 0.4) is 0 Å². The van der Waals surface area contributed by atoms with Gasteiger partial charge < -0.3 is 10.1 Å². The molecule has 0 fully saturated rings. The van der Waals surface area contributed by atoms with Crippen LogP contribution in [0.4, 0.5) is 5.69 Å². The number of carbonyl (C=O) groups is 1. The van der Waals surface area contributed by atoms with Gasteiger partial charge in [0.1, 0.15) is 10.6 Å². The van der Waals surface area contributed by atoms with E-state index >= 15 is 0 Å². The summed E-state index contributed by atoms with van der Waals surface area (Å²) in [6, 6.07) is 14.3. The van der Waals surface area contributed by atoms with Gasteiger partial charge in [0.15, 0.2) is 5.16 Å². The maximum atomic E-state index is 14.0. The number of fused-ring (bicyclic) bond motifs is 5. The average molecular weight is 566 g/mol. The Labute approximate surface area is 231 Å². The summed E-state index contributed by atoms with van der Waals surface area (Å²) in [5.74, 6) is 1.61. The molecule has 3 heterocycles. The number of hydrogen-bond donors (Lipinski definition) is 1. The number of benzene rings is 2. The number of methoxy groups -OCH3 is 1. The van der Waals surface area contributed by atoms with Crippen LogP contribution in [0.15, 0.2) is 58.5 Å². The van der Waals surface area contributed by atoms with Crippen molar-refractivity contribution < 1.29 is 9.53 Å². The lowest BCUT2D eigenvalue weighted by atomic mass is 9.89. The lowest BCUT2D eigenvalue weighted by molar-refractivity contribution is -0.113. The standard InChI is InChI=1S/C27H24ClN5O3S2/c1-15-3-12-21-20(13-15)23-24(35)32(18-8-4-16(28)5-9-18)26-30-31-27(33(26)25(23)38-21)37-14-22(34)29-17-6-10-19(36-2)11-7-17/h4-11,15H,3,12-14H2,1-2H3,(H,29,34). The summed E-state index contributed by atoms with van der Waals surface area (Å²) in [6.45, 7) is 2.23. The molecule has 3 aromatic heterocycles. The zero-order valence-corrected chi connectivity index (χ0v) is 23.1. The summed E-state index contributed by atoms with van der Waals surface area (Å²) < 4.78 is 8.69. The van der Waals surface area contributed by atoms with Gasteiger partial charge in [-0.3, -0.25) is 9.59 Å². The predicted molar refractivity (Wildman–Crippen MR) is 153 cm³/mol. The Balaban J connectivity index is 1.42. The van der Waals surface area contributed by atoms with Crippen molar-refractivity contribution in [3.63, 3.8) is 0 Å². The van der Waals surface area contributed by atoms with E-state index in [0.717, 1.165) is 35.4 Å². The molecule has 5 aromatic rings. The molecule has 1 unspecified atom stereocenters. The zero-order valence-electron chi connectivity index (χ0n) is 20.7. The van der Waals surface area contributed by atoms with E-state index < -0.39 is 0 Å². The number of amides is 1. The smallest absolute Gasteiger partial charge is 0.268 e. The first-order chi connectivity index (χ1) is 18.4. The van der Waals surface area contributed by atoms with Crippen molar-refractivity contribution in [3.8, 4) is 11.4 Å². The van der Waals surface area contributed by atoms with Crippen molar-refractivity contribution in [2.45, 2.75) is 31.3 Å². The van der Waals surface area contributed by atoms with Gasteiger partial charge in [-0.1, -0.05) is 30.3 Å². The molecule has 194 valence electrons. The van der Waals surface area contributed by atoms with E-state index in [2.05, 4.69) is 22.4 Å². The molecule has 2 aromatic carbocycles. The second kappa shape index (κ2) is 10.1. The monoisotopic (exact) mass is 565 g/mol. The third-order valence-electron chi connectivity index (χ3n) is 6.72. The average Bonchev–Trinajstić information content (AvgIpc) is 3.50. The summed E-state index contributed by atoms with van der Waals surface area (Å²) in [5.41, 5.74) is 2.36. The number of nitrogens with one attached hydrogen (secondary N) is 1. The summed E-state index contributed by atoms with van der Waals surface area (Å²) in [6.07, 6.45) is 2.92. The van der Waals surface area contributed by atoms with Crippen LogP contribution in [0.25, 0.3) is 21.7 Å². The quantitative estimate of drug-likeness (QED) is 0.269. The van der Waals surface area contributed by atoms with Crippen molar-refractivity contribution in [1.29, 1.82) is 0 Å². The highest BCUT2D eigenvalue weighted by atomic mass is 35.5. The molecule has 0 saturated carbocycles. The summed E-state index contributed by atoms with van der Waals surface area (Å²) in [4.78, 5) is 28.8. The van der Waals surface area contributed by atoms with Gasteiger partial charge in [0.25, 0.3) is 5.56 Å². The third kappa shape index (κ3) is 4.46. The third-order valence-corrected chi connectivity index (χ3v) is 9.17. The number of thiophene rings is 1. The van der Waals surface area contributed by atoms with Crippen LogP contribution >= 0.6 is 34.7 Å². The van der Waals surface area contributed by atoms with Gasteiger partial charge in [0.05, 0.1) is 23.9 Å². The molecule has 0 radical (unpaired) electrons. The number of anilines is 1. The summed E-state index contributed by atoms with van der Waals surface area (Å²) >= 11 is 9.05. The van der Waals surface area contributed by atoms with Crippen molar-refractivity contribution in [1.82, 2.24) is 19.2 Å². The first-order valence-corrected chi connectivity index (χ1v) is 14.4. The highest BCUT2D eigenvalue weighted by Crippen LogP contribution is 2.38. The van der Waals surface area contributed by atoms with Gasteiger partial charge >= 0.3 is 0 Å². The summed E-state index contributed by atoms with van der Waals surface area (Å²) in [7, 11) is 1.60. The fourth-order valence-corrected chi connectivity index (χ4v) is 7.08. The second-order valence-electron chi connectivity index (χ2n) is 9.33. The molecular formula is C27H24ClN5O3S2. The Bertz CT molecular complexity index is 1720. The van der Waals surface area contributed by atoms with E-state index in [9.17, 15) is 9.59 Å². The minimum atomic E-state index is -0.168. The Morgan fingerprint density at radius 2 is 1.95 bits per heavy atom. The van der Waals surface area contributed by atoms with Crippen LogP contribution < -0.4 is 15.6 Å². The van der Waals surface area contributed by atoms with E-state index in [1.807, 2.05) is 4.40 Å². The molecule has 6 rings (SSSR count). The molecule has 8 nitrogen and oxygen atoms in total. The van der Waals surface area contributed by atoms with Gasteiger partial charge in [-0.2, -0.15) is 0 Å². The molecular weight excluding hydrogens is 542 g/mol. The number of halogens is 1. The van der Waals surface area contributed by atoms with Crippen LogP contribution in [0.5, 0.6) is 5.75 Å². The van der Waals surface area contributed by atoms with Crippen molar-refractivity contribution >= 4 is 62.3 Å². The zero-order chi connectivity index (χ0) is 26.4. The van der Waals surface area contributed by atoms with Crippen LogP contribution in [0.1, 0.15) is 23.8 Å². The molecule has 1 atom stereocenters. The van der Waals surface area contributed by atoms with Crippen molar-refractivity contribution in [3.05, 3.63) is 74.3 Å². The largest absolute Gasteiger partial charge is 0.497 e. The molecule has 1 amide bonds. The normalized spacial score (nSPS) is 15.1. The molecule has 0 bridgehead atoms. The number of hydrogen-bond acceptors (Lipinski definition) is 7. The number of aromatic nitrogens is 4. The summed E-state index contributed by atoms with van der Waals surface area (Å²) in [5, 5.41) is 13.6. The maximum absolute atomic E-state index is 14.0. The SMILES string of the molecule is COc1ccc(NC(=O)CSc2nnc3n(-c4ccc(Cl)cc4)c(=O)c4c5c(sc4n23)CCC(C)C5)cc1. The van der Waals surface area contributed by atoms with Gasteiger partial charge in [0.2, 0.25) is 11.7 Å². The maximum Gasteiger partial charge on any atom is 0.268 e. The van der Waals surface area contributed by atoms with Crippen LogP contribution in [0.2, 0.25) is 5.02 Å². The number of ether oxygens (including phenoxy) is 1. The number of aryl methyl sites for hydroxylation is 1. The topological polar surface area (TPSA) is 90.5 Å². The van der Waals surface area contributed by atoms with Crippen LogP contribution in [0, 0.1) is 5.92 Å². The van der Waals surface area contributed by atoms with Crippen molar-refractivity contribution in [2.75, 3.05) is 18.2 Å². The first kappa shape index (κ1) is 25.0. The fourth-order valence-electron chi connectivity index (χ4n) is 4.83. The molecule has 1 aliphatic carbocycles. The van der Waals surface area contributed by atoms with Gasteiger partial charge in [-0.05, 0) is 79.3 Å². The van der Waals surface area contributed by atoms with E-state index in [1.165, 1.54) is 16.6 Å². The highest BCUT2D eigenvalue weighted by Gasteiger charge is 2.27. The number of rotatable bonds is 6. The van der Waals surface area contributed by atoms with Gasteiger partial charge in [0, 0.05) is 15.6 Å². The molecule has 1 N–H and O–H groups in total. The van der Waals surface area contributed by atoms with Crippen LogP contribution in [-0.2, 0) is 17.6 Å². The Kier molecular flexibility index (Phi) is 6.63. The number of carbonyl (C=O) groups excluding carboxylic acids is 1. The molecule has 38 heavy (non-hydrogen) atoms. The predicted octanol–water partition coefficient (Wildman–Crippen LogP) is 5.61. The molecule has 0 aliphatic heterocycles. The fraction of sp³-hybridized carbons (Fsp3) is 0.259. The lowest BCUT2D eigenvalue weighted by Crippen LogP contribution is -2.23. The highest BCUT2D eigenvalue weighted by molar-refractivity contribution is 7.99. The van der Waals surface area contributed by atoms with E-state index in [-0.39, 0.29) is 17.2 Å². The Hall–Kier alpha value is -3.34. The van der Waals surface area contributed by atoms with Crippen molar-refractivity contribution in [2.24, 2.45) is 5.92 Å². The van der Waals surface area contributed by atoms with Gasteiger partial charge in [-0.25, -0.2) is 8.97 Å². The first-order valence-electron chi connectivity index (χ1n) is 12.2. The van der Waals surface area contributed by atoms with E-state index in [4.69, 9.17) is 16.3 Å². The van der Waals surface area contributed by atoms with Gasteiger partial charge in [-0.15, -0.1) is 21.5 Å². The molecule has 11 heteroatoms. The number of nitrogens with zero attached hydrogens (tertiary/aromatic N) is 4. The molecule has 0 saturated heterocycles.